The van der Waals surface area contributed by atoms with E-state index in [0.717, 1.165) is 12.0 Å². The number of anilines is 2. The fraction of sp³-hybridized carbons (Fsp3) is 0.393. The fourth-order valence-electron chi connectivity index (χ4n) is 4.16. The minimum absolute atomic E-state index is 0.00885. The number of rotatable bonds is 7. The molecule has 0 atom stereocenters. The molecule has 4 rings (SSSR count). The van der Waals surface area contributed by atoms with Crippen molar-refractivity contribution in [1.29, 1.82) is 0 Å². The second-order valence-electron chi connectivity index (χ2n) is 10.9. The number of nitrogens with one attached hydrogen (secondary N) is 2. The predicted molar refractivity (Wildman–Crippen MR) is 157 cm³/mol. The number of thiazole rings is 1. The quantitative estimate of drug-likeness (QED) is 0.387. The van der Waals surface area contributed by atoms with Crippen LogP contribution in [0.5, 0.6) is 0 Å². The Kier molecular flexibility index (Phi) is 8.15. The van der Waals surface area contributed by atoms with Gasteiger partial charge in [-0.25, -0.2) is 22.9 Å². The molecule has 3 aromatic rings. The summed E-state index contributed by atoms with van der Waals surface area (Å²) < 4.78 is 29.8. The molecule has 39 heavy (non-hydrogen) atoms. The summed E-state index contributed by atoms with van der Waals surface area (Å²) in [7, 11) is -2.16. The summed E-state index contributed by atoms with van der Waals surface area (Å²) in [4.78, 5) is 33.3. The molecule has 1 aliphatic rings. The normalized spacial score (nSPS) is 14.2. The van der Waals surface area contributed by atoms with Crippen LogP contribution in [0, 0.1) is 0 Å². The lowest BCUT2D eigenvalue weighted by Crippen LogP contribution is -2.40. The van der Waals surface area contributed by atoms with E-state index in [9.17, 15) is 18.0 Å². The van der Waals surface area contributed by atoms with E-state index >= 15 is 0 Å². The lowest BCUT2D eigenvalue weighted by molar-refractivity contribution is -0.117. The van der Waals surface area contributed by atoms with Crippen LogP contribution in [-0.2, 0) is 14.8 Å². The highest BCUT2D eigenvalue weighted by molar-refractivity contribution is 7.89. The third-order valence-electron chi connectivity index (χ3n) is 6.33. The van der Waals surface area contributed by atoms with Crippen LogP contribution in [0.25, 0.3) is 21.0 Å². The molecule has 0 bridgehead atoms. The van der Waals surface area contributed by atoms with Gasteiger partial charge in [0, 0.05) is 60.3 Å². The number of carbonyl (C=O) groups excluding carboxylic acids is 2. The second-order valence-corrected chi connectivity index (χ2v) is 13.6. The monoisotopic (exact) mass is 569 g/mol. The van der Waals surface area contributed by atoms with E-state index in [1.807, 2.05) is 38.1 Å². The Labute approximate surface area is 234 Å². The van der Waals surface area contributed by atoms with E-state index in [1.165, 1.54) is 11.3 Å². The first kappa shape index (κ1) is 28.7. The topological polar surface area (TPSA) is 112 Å². The SMILES string of the molecule is CC(C)N(C)C(=O)Nc1ccc(-c2ncc(-c3ccc(N4CCCC4=O)cc3S(=O)(=O)NC(C)(C)C)s2)cc1. The second kappa shape index (κ2) is 11.1. The van der Waals surface area contributed by atoms with Gasteiger partial charge in [-0.15, -0.1) is 11.3 Å². The molecule has 0 aliphatic carbocycles. The summed E-state index contributed by atoms with van der Waals surface area (Å²) in [5.41, 5.74) is 1.92. The van der Waals surface area contributed by atoms with Crippen LogP contribution in [0.2, 0.25) is 0 Å². The van der Waals surface area contributed by atoms with E-state index in [4.69, 9.17) is 0 Å². The zero-order valence-electron chi connectivity index (χ0n) is 23.1. The van der Waals surface area contributed by atoms with Gasteiger partial charge in [0.15, 0.2) is 0 Å². The summed E-state index contributed by atoms with van der Waals surface area (Å²) in [6.45, 7) is 9.82. The van der Waals surface area contributed by atoms with Gasteiger partial charge in [0.25, 0.3) is 0 Å². The minimum atomic E-state index is -3.91. The molecule has 11 heteroatoms. The zero-order valence-corrected chi connectivity index (χ0v) is 24.7. The highest BCUT2D eigenvalue weighted by atomic mass is 32.2. The van der Waals surface area contributed by atoms with Gasteiger partial charge in [-0.2, -0.15) is 0 Å². The highest BCUT2D eigenvalue weighted by Crippen LogP contribution is 2.38. The van der Waals surface area contributed by atoms with Crippen LogP contribution >= 0.6 is 11.3 Å². The van der Waals surface area contributed by atoms with Crippen molar-refractivity contribution in [3.05, 3.63) is 48.7 Å². The Morgan fingerprint density at radius 2 is 1.82 bits per heavy atom. The van der Waals surface area contributed by atoms with Gasteiger partial charge in [0.2, 0.25) is 15.9 Å². The van der Waals surface area contributed by atoms with E-state index in [1.54, 1.807) is 62.0 Å². The van der Waals surface area contributed by atoms with Gasteiger partial charge in [-0.1, -0.05) is 6.07 Å². The first-order valence-electron chi connectivity index (χ1n) is 12.8. The van der Waals surface area contributed by atoms with Crippen LogP contribution in [-0.4, -0.2) is 55.4 Å². The van der Waals surface area contributed by atoms with Gasteiger partial charge in [0.1, 0.15) is 5.01 Å². The summed E-state index contributed by atoms with van der Waals surface area (Å²) in [6, 6.07) is 12.4. The van der Waals surface area contributed by atoms with Gasteiger partial charge in [0.05, 0.1) is 9.77 Å². The van der Waals surface area contributed by atoms with Crippen LogP contribution in [0.3, 0.4) is 0 Å². The molecule has 0 saturated carbocycles. The Morgan fingerprint density at radius 3 is 2.41 bits per heavy atom. The van der Waals surface area contributed by atoms with E-state index in [2.05, 4.69) is 15.0 Å². The largest absolute Gasteiger partial charge is 0.325 e. The van der Waals surface area contributed by atoms with Crippen molar-refractivity contribution in [2.24, 2.45) is 0 Å². The van der Waals surface area contributed by atoms with E-state index in [0.29, 0.717) is 39.8 Å². The van der Waals surface area contributed by atoms with Crippen molar-refractivity contribution in [1.82, 2.24) is 14.6 Å². The summed E-state index contributed by atoms with van der Waals surface area (Å²) in [5, 5.41) is 3.59. The first-order chi connectivity index (χ1) is 18.2. The average Bonchev–Trinajstić information content (AvgIpc) is 3.51. The van der Waals surface area contributed by atoms with Crippen molar-refractivity contribution in [2.45, 2.75) is 63.9 Å². The molecule has 208 valence electrons. The Morgan fingerprint density at radius 1 is 1.13 bits per heavy atom. The van der Waals surface area contributed by atoms with Crippen LogP contribution in [0.1, 0.15) is 47.5 Å². The number of carbonyl (C=O) groups is 2. The van der Waals surface area contributed by atoms with Gasteiger partial charge < -0.3 is 15.1 Å². The molecule has 1 saturated heterocycles. The van der Waals surface area contributed by atoms with Crippen LogP contribution in [0.4, 0.5) is 16.2 Å². The van der Waals surface area contributed by atoms with Crippen molar-refractivity contribution in [2.75, 3.05) is 23.8 Å². The molecule has 1 aliphatic heterocycles. The minimum Gasteiger partial charge on any atom is -0.325 e. The van der Waals surface area contributed by atoms with Crippen molar-refractivity contribution in [3.8, 4) is 21.0 Å². The van der Waals surface area contributed by atoms with Crippen molar-refractivity contribution >= 4 is 44.7 Å². The van der Waals surface area contributed by atoms with Gasteiger partial charge in [-0.3, -0.25) is 4.79 Å². The van der Waals surface area contributed by atoms with Crippen LogP contribution < -0.4 is 14.9 Å². The Hall–Kier alpha value is -3.28. The maximum absolute atomic E-state index is 13.5. The third-order valence-corrected chi connectivity index (χ3v) is 9.21. The molecule has 1 aromatic heterocycles. The first-order valence-corrected chi connectivity index (χ1v) is 15.1. The number of nitrogens with zero attached hydrogens (tertiary/aromatic N) is 3. The third kappa shape index (κ3) is 6.66. The Balaban J connectivity index is 1.66. The molecule has 2 aromatic carbocycles. The fourth-order valence-corrected chi connectivity index (χ4v) is 6.84. The maximum Gasteiger partial charge on any atom is 0.321 e. The highest BCUT2D eigenvalue weighted by Gasteiger charge is 2.29. The number of hydrogen-bond acceptors (Lipinski definition) is 6. The molecule has 9 nitrogen and oxygen atoms in total. The number of urea groups is 1. The molecular weight excluding hydrogens is 534 g/mol. The molecule has 2 heterocycles. The number of sulfonamides is 1. The average molecular weight is 570 g/mol. The predicted octanol–water partition coefficient (Wildman–Crippen LogP) is 5.55. The van der Waals surface area contributed by atoms with E-state index < -0.39 is 15.6 Å². The molecule has 0 spiro atoms. The van der Waals surface area contributed by atoms with Crippen LogP contribution in [0.15, 0.2) is 53.6 Å². The number of benzene rings is 2. The Bertz CT molecular complexity index is 1470. The van der Waals surface area contributed by atoms with Crippen molar-refractivity contribution in [3.63, 3.8) is 0 Å². The summed E-state index contributed by atoms with van der Waals surface area (Å²) >= 11 is 1.38. The molecular formula is C28H35N5O4S2. The van der Waals surface area contributed by atoms with Crippen molar-refractivity contribution < 1.29 is 18.0 Å². The lowest BCUT2D eigenvalue weighted by atomic mass is 10.1. The number of amides is 3. The van der Waals surface area contributed by atoms with Gasteiger partial charge in [-0.05, 0) is 77.4 Å². The van der Waals surface area contributed by atoms with E-state index in [-0.39, 0.29) is 22.9 Å². The molecule has 2 N–H and O–H groups in total. The molecule has 0 radical (unpaired) electrons. The zero-order chi connectivity index (χ0) is 28.5. The summed E-state index contributed by atoms with van der Waals surface area (Å²) in [5.74, 6) is -0.00885. The molecule has 0 unspecified atom stereocenters. The smallest absolute Gasteiger partial charge is 0.321 e. The molecule has 3 amide bonds. The number of hydrogen-bond donors (Lipinski definition) is 2. The molecule has 1 fully saturated rings. The summed E-state index contributed by atoms with van der Waals surface area (Å²) in [6.07, 6.45) is 2.87. The maximum atomic E-state index is 13.5. The number of aromatic nitrogens is 1. The van der Waals surface area contributed by atoms with Gasteiger partial charge >= 0.3 is 6.03 Å². The lowest BCUT2D eigenvalue weighted by Gasteiger charge is -2.23. The standard InChI is InChI=1S/C28H35N5O4S2/c1-18(2)32(6)27(35)30-20-11-9-19(10-12-20)26-29-17-23(38-26)22-14-13-21(33-15-7-8-25(33)34)16-24(22)39(36,37)31-28(3,4)5/h9-14,16-18,31H,7-8,15H2,1-6H3,(H,30,35).